The van der Waals surface area contributed by atoms with Crippen molar-refractivity contribution in [3.63, 3.8) is 0 Å². The SMILES string of the molecule is COC(=O)c1ccccc1OCC(O)CN1CCN(C(c2ccccc2)c2ccccc2)CC1. The average Bonchev–Trinajstić information content (AvgIpc) is 2.89. The summed E-state index contributed by atoms with van der Waals surface area (Å²) in [5.74, 6) is -0.0284. The third kappa shape index (κ3) is 6.03. The molecule has 1 unspecified atom stereocenters. The summed E-state index contributed by atoms with van der Waals surface area (Å²) >= 11 is 0. The molecule has 0 aliphatic carbocycles. The number of nitrogens with zero attached hydrogens (tertiary/aromatic N) is 2. The van der Waals surface area contributed by atoms with Crippen LogP contribution >= 0.6 is 0 Å². The largest absolute Gasteiger partial charge is 0.490 e. The van der Waals surface area contributed by atoms with E-state index in [0.29, 0.717) is 17.9 Å². The summed E-state index contributed by atoms with van der Waals surface area (Å²) in [4.78, 5) is 16.7. The van der Waals surface area contributed by atoms with Gasteiger partial charge in [-0.2, -0.15) is 0 Å². The molecular formula is C28H32N2O4. The Morgan fingerprint density at radius 3 is 2.00 bits per heavy atom. The number of rotatable bonds is 9. The molecule has 6 heteroatoms. The molecule has 0 radical (unpaired) electrons. The van der Waals surface area contributed by atoms with Crippen molar-refractivity contribution in [3.8, 4) is 5.75 Å². The molecule has 1 aliphatic rings. The number of methoxy groups -OCH3 is 1. The minimum absolute atomic E-state index is 0.116. The van der Waals surface area contributed by atoms with Gasteiger partial charge in [0.2, 0.25) is 0 Å². The monoisotopic (exact) mass is 460 g/mol. The lowest BCUT2D eigenvalue weighted by atomic mass is 9.96. The zero-order valence-corrected chi connectivity index (χ0v) is 19.5. The second-order valence-corrected chi connectivity index (χ2v) is 8.51. The van der Waals surface area contributed by atoms with E-state index in [1.54, 1.807) is 24.3 Å². The molecule has 1 aliphatic heterocycles. The Hall–Kier alpha value is -3.19. The first-order valence-corrected chi connectivity index (χ1v) is 11.7. The fraction of sp³-hybridized carbons (Fsp3) is 0.321. The van der Waals surface area contributed by atoms with Crippen LogP contribution in [0, 0.1) is 0 Å². The van der Waals surface area contributed by atoms with Crippen molar-refractivity contribution < 1.29 is 19.4 Å². The van der Waals surface area contributed by atoms with Gasteiger partial charge in [0.25, 0.3) is 0 Å². The zero-order chi connectivity index (χ0) is 23.8. The van der Waals surface area contributed by atoms with E-state index in [-0.39, 0.29) is 12.6 Å². The van der Waals surface area contributed by atoms with E-state index in [2.05, 4.69) is 70.5 Å². The maximum Gasteiger partial charge on any atom is 0.341 e. The van der Waals surface area contributed by atoms with Gasteiger partial charge < -0.3 is 14.6 Å². The van der Waals surface area contributed by atoms with E-state index >= 15 is 0 Å². The van der Waals surface area contributed by atoms with Gasteiger partial charge in [-0.25, -0.2) is 4.79 Å². The molecule has 1 atom stereocenters. The van der Waals surface area contributed by atoms with Crippen molar-refractivity contribution >= 4 is 5.97 Å². The molecule has 0 bridgehead atoms. The minimum atomic E-state index is -0.656. The van der Waals surface area contributed by atoms with Crippen LogP contribution in [-0.2, 0) is 4.74 Å². The molecule has 34 heavy (non-hydrogen) atoms. The fourth-order valence-electron chi connectivity index (χ4n) is 4.50. The van der Waals surface area contributed by atoms with E-state index in [4.69, 9.17) is 9.47 Å². The Labute approximate surface area is 201 Å². The van der Waals surface area contributed by atoms with Gasteiger partial charge in [0.1, 0.15) is 24.0 Å². The van der Waals surface area contributed by atoms with Crippen molar-refractivity contribution in [3.05, 3.63) is 102 Å². The Morgan fingerprint density at radius 1 is 0.853 bits per heavy atom. The molecule has 0 saturated carbocycles. The number of benzene rings is 3. The molecule has 4 rings (SSSR count). The minimum Gasteiger partial charge on any atom is -0.490 e. The maximum absolute atomic E-state index is 11.9. The van der Waals surface area contributed by atoms with Crippen LogP contribution in [-0.4, -0.2) is 73.4 Å². The van der Waals surface area contributed by atoms with Gasteiger partial charge in [0, 0.05) is 32.7 Å². The van der Waals surface area contributed by atoms with Crippen LogP contribution in [0.4, 0.5) is 0 Å². The van der Waals surface area contributed by atoms with Crippen molar-refractivity contribution in [2.24, 2.45) is 0 Å². The summed E-state index contributed by atoms with van der Waals surface area (Å²) < 4.78 is 10.6. The number of hydrogen-bond acceptors (Lipinski definition) is 6. The van der Waals surface area contributed by atoms with Crippen molar-refractivity contribution in [2.45, 2.75) is 12.1 Å². The first-order chi connectivity index (χ1) is 16.7. The van der Waals surface area contributed by atoms with Gasteiger partial charge in [-0.3, -0.25) is 9.80 Å². The normalized spacial score (nSPS) is 15.7. The second-order valence-electron chi connectivity index (χ2n) is 8.51. The third-order valence-corrected chi connectivity index (χ3v) is 6.20. The second kappa shape index (κ2) is 11.8. The quantitative estimate of drug-likeness (QED) is 0.492. The molecule has 6 nitrogen and oxygen atoms in total. The fourth-order valence-corrected chi connectivity index (χ4v) is 4.50. The molecule has 1 fully saturated rings. The zero-order valence-electron chi connectivity index (χ0n) is 19.5. The number of hydrogen-bond donors (Lipinski definition) is 1. The van der Waals surface area contributed by atoms with E-state index < -0.39 is 12.1 Å². The number of carbonyl (C=O) groups excluding carboxylic acids is 1. The topological polar surface area (TPSA) is 62.2 Å². The Morgan fingerprint density at radius 2 is 1.41 bits per heavy atom. The average molecular weight is 461 g/mol. The van der Waals surface area contributed by atoms with Gasteiger partial charge in [0.05, 0.1) is 13.2 Å². The number of ether oxygens (including phenoxy) is 2. The van der Waals surface area contributed by atoms with Gasteiger partial charge in [-0.1, -0.05) is 72.8 Å². The van der Waals surface area contributed by atoms with E-state index in [1.807, 2.05) is 0 Å². The molecule has 1 N–H and O–H groups in total. The van der Waals surface area contributed by atoms with E-state index in [1.165, 1.54) is 18.2 Å². The van der Waals surface area contributed by atoms with Crippen LogP contribution in [0.15, 0.2) is 84.9 Å². The molecule has 178 valence electrons. The Kier molecular flexibility index (Phi) is 8.31. The van der Waals surface area contributed by atoms with Crippen molar-refractivity contribution in [1.82, 2.24) is 9.80 Å². The molecule has 3 aromatic carbocycles. The standard InChI is InChI=1S/C28H32N2O4/c1-33-28(32)25-14-8-9-15-26(25)34-21-24(31)20-29-16-18-30(19-17-29)27(22-10-4-2-5-11-22)23-12-6-3-7-13-23/h2-15,24,27,31H,16-21H2,1H3. The lowest BCUT2D eigenvalue weighted by Crippen LogP contribution is -2.50. The van der Waals surface area contributed by atoms with Gasteiger partial charge >= 0.3 is 5.97 Å². The van der Waals surface area contributed by atoms with Crippen LogP contribution in [0.25, 0.3) is 0 Å². The first kappa shape index (κ1) is 24.0. The highest BCUT2D eigenvalue weighted by atomic mass is 16.5. The van der Waals surface area contributed by atoms with Crippen LogP contribution in [0.1, 0.15) is 27.5 Å². The van der Waals surface area contributed by atoms with Gasteiger partial charge in [0.15, 0.2) is 0 Å². The highest BCUT2D eigenvalue weighted by Crippen LogP contribution is 2.29. The number of β-amino-alcohol motifs (C(OH)–C–C–N with tert-alkyl or cyclic N) is 1. The molecule has 1 saturated heterocycles. The van der Waals surface area contributed by atoms with Crippen LogP contribution in [0.3, 0.4) is 0 Å². The number of aliphatic hydroxyl groups is 1. The maximum atomic E-state index is 11.9. The number of piperazine rings is 1. The molecule has 3 aromatic rings. The van der Waals surface area contributed by atoms with E-state index in [9.17, 15) is 9.90 Å². The van der Waals surface area contributed by atoms with Crippen molar-refractivity contribution in [2.75, 3.05) is 46.4 Å². The molecule has 1 heterocycles. The first-order valence-electron chi connectivity index (χ1n) is 11.7. The summed E-state index contributed by atoms with van der Waals surface area (Å²) in [5.41, 5.74) is 2.94. The highest BCUT2D eigenvalue weighted by Gasteiger charge is 2.27. The summed E-state index contributed by atoms with van der Waals surface area (Å²) in [6.07, 6.45) is -0.656. The molecule has 0 amide bonds. The van der Waals surface area contributed by atoms with Gasteiger partial charge in [-0.15, -0.1) is 0 Å². The number of para-hydroxylation sites is 1. The van der Waals surface area contributed by atoms with Gasteiger partial charge in [-0.05, 0) is 23.3 Å². The highest BCUT2D eigenvalue weighted by molar-refractivity contribution is 5.92. The molecule has 0 spiro atoms. The number of esters is 1. The van der Waals surface area contributed by atoms with Crippen LogP contribution in [0.5, 0.6) is 5.75 Å². The summed E-state index contributed by atoms with van der Waals surface area (Å²) in [6.45, 7) is 4.19. The van der Waals surface area contributed by atoms with Crippen LogP contribution in [0.2, 0.25) is 0 Å². The third-order valence-electron chi connectivity index (χ3n) is 6.20. The summed E-state index contributed by atoms with van der Waals surface area (Å²) in [6, 6.07) is 28.4. The smallest absolute Gasteiger partial charge is 0.341 e. The molecular weight excluding hydrogens is 428 g/mol. The van der Waals surface area contributed by atoms with E-state index in [0.717, 1.165) is 26.2 Å². The number of carbonyl (C=O) groups is 1. The predicted molar refractivity (Wildman–Crippen MR) is 132 cm³/mol. The summed E-state index contributed by atoms with van der Waals surface area (Å²) in [7, 11) is 1.34. The lowest BCUT2D eigenvalue weighted by Gasteiger charge is -2.40. The van der Waals surface area contributed by atoms with Crippen LogP contribution < -0.4 is 4.74 Å². The predicted octanol–water partition coefficient (Wildman–Crippen LogP) is 3.62. The molecule has 0 aromatic heterocycles. The van der Waals surface area contributed by atoms with Crippen molar-refractivity contribution in [1.29, 1.82) is 0 Å². The number of aliphatic hydroxyl groups excluding tert-OH is 1. The summed E-state index contributed by atoms with van der Waals surface area (Å²) in [5, 5.41) is 10.6. The Bertz CT molecular complexity index is 997. The Balaban J connectivity index is 1.32. The lowest BCUT2D eigenvalue weighted by molar-refractivity contribution is 0.0390.